The Balaban J connectivity index is 1.45. The number of carbonyl (C=O) groups excluding carboxylic acids is 1. The van der Waals surface area contributed by atoms with Gasteiger partial charge in [0, 0.05) is 5.02 Å². The summed E-state index contributed by atoms with van der Waals surface area (Å²) in [5, 5.41) is 4.55. The van der Waals surface area contributed by atoms with Gasteiger partial charge in [-0.1, -0.05) is 54.1 Å². The van der Waals surface area contributed by atoms with E-state index in [1.54, 1.807) is 30.5 Å². The molecule has 0 fully saturated rings. The fourth-order valence-corrected chi connectivity index (χ4v) is 2.44. The third kappa shape index (κ3) is 6.45. The molecular weight excluding hydrogens is 376 g/mol. The number of hydrogen-bond donors (Lipinski definition) is 1. The van der Waals surface area contributed by atoms with Gasteiger partial charge in [0.2, 0.25) is 0 Å². The number of ether oxygens (including phenoxy) is 2. The van der Waals surface area contributed by atoms with E-state index in [2.05, 4.69) is 10.5 Å². The molecule has 1 N–H and O–H groups in total. The first-order chi connectivity index (χ1) is 13.7. The molecule has 0 aliphatic rings. The first kappa shape index (κ1) is 19.5. The molecule has 0 unspecified atom stereocenters. The molecule has 0 atom stereocenters. The number of hydrogen-bond acceptors (Lipinski definition) is 4. The molecule has 0 saturated heterocycles. The first-order valence-corrected chi connectivity index (χ1v) is 9.04. The molecule has 0 saturated carbocycles. The molecular formula is C22H19ClN2O3. The Hall–Kier alpha value is -3.31. The molecule has 0 spiro atoms. The molecule has 3 aromatic carbocycles. The van der Waals surface area contributed by atoms with Crippen molar-refractivity contribution in [3.8, 4) is 11.5 Å². The average Bonchev–Trinajstić information content (AvgIpc) is 2.73. The van der Waals surface area contributed by atoms with Crippen LogP contribution in [0.5, 0.6) is 11.5 Å². The van der Waals surface area contributed by atoms with Crippen LogP contribution in [0, 0.1) is 0 Å². The van der Waals surface area contributed by atoms with E-state index in [9.17, 15) is 4.79 Å². The SMILES string of the molecule is O=C(COc1ccc(Cl)cc1)NN=Cc1cccc(OCc2ccccc2)c1. The molecule has 0 heterocycles. The fraction of sp³-hybridized carbons (Fsp3) is 0.0909. The van der Waals surface area contributed by atoms with E-state index < -0.39 is 0 Å². The highest BCUT2D eigenvalue weighted by atomic mass is 35.5. The van der Waals surface area contributed by atoms with Crippen molar-refractivity contribution < 1.29 is 14.3 Å². The third-order valence-electron chi connectivity index (χ3n) is 3.69. The first-order valence-electron chi connectivity index (χ1n) is 8.66. The van der Waals surface area contributed by atoms with Crippen molar-refractivity contribution in [3.63, 3.8) is 0 Å². The predicted octanol–water partition coefficient (Wildman–Crippen LogP) is 4.45. The highest BCUT2D eigenvalue weighted by Crippen LogP contribution is 2.15. The van der Waals surface area contributed by atoms with Gasteiger partial charge in [-0.15, -0.1) is 0 Å². The van der Waals surface area contributed by atoms with Crippen molar-refractivity contribution in [2.45, 2.75) is 6.61 Å². The van der Waals surface area contributed by atoms with Crippen molar-refractivity contribution >= 4 is 23.7 Å². The summed E-state index contributed by atoms with van der Waals surface area (Å²) in [6.07, 6.45) is 1.55. The van der Waals surface area contributed by atoms with Gasteiger partial charge in [-0.3, -0.25) is 4.79 Å². The number of nitrogens with zero attached hydrogens (tertiary/aromatic N) is 1. The predicted molar refractivity (Wildman–Crippen MR) is 110 cm³/mol. The van der Waals surface area contributed by atoms with Gasteiger partial charge in [-0.2, -0.15) is 5.10 Å². The molecule has 0 aromatic heterocycles. The van der Waals surface area contributed by atoms with Crippen LogP contribution in [0.2, 0.25) is 5.02 Å². The lowest BCUT2D eigenvalue weighted by Gasteiger charge is -2.07. The minimum atomic E-state index is -0.359. The van der Waals surface area contributed by atoms with Crippen molar-refractivity contribution in [1.82, 2.24) is 5.43 Å². The summed E-state index contributed by atoms with van der Waals surface area (Å²) in [6, 6.07) is 24.2. The van der Waals surface area contributed by atoms with Gasteiger partial charge >= 0.3 is 0 Å². The highest BCUT2D eigenvalue weighted by Gasteiger charge is 2.02. The van der Waals surface area contributed by atoms with Gasteiger partial charge < -0.3 is 9.47 Å². The second kappa shape index (κ2) is 10.1. The van der Waals surface area contributed by atoms with Gasteiger partial charge in [0.15, 0.2) is 6.61 Å². The summed E-state index contributed by atoms with van der Waals surface area (Å²) in [7, 11) is 0. The van der Waals surface area contributed by atoms with E-state index in [-0.39, 0.29) is 12.5 Å². The largest absolute Gasteiger partial charge is 0.489 e. The Labute approximate surface area is 168 Å². The molecule has 3 rings (SSSR count). The van der Waals surface area contributed by atoms with Crippen LogP contribution < -0.4 is 14.9 Å². The second-order valence-corrected chi connectivity index (χ2v) is 6.32. The lowest BCUT2D eigenvalue weighted by atomic mass is 10.2. The van der Waals surface area contributed by atoms with E-state index in [1.807, 2.05) is 54.6 Å². The Morgan fingerprint density at radius 2 is 1.71 bits per heavy atom. The zero-order valence-corrected chi connectivity index (χ0v) is 15.8. The summed E-state index contributed by atoms with van der Waals surface area (Å²) < 4.78 is 11.1. The molecule has 1 amide bonds. The quantitative estimate of drug-likeness (QED) is 0.453. The summed E-state index contributed by atoms with van der Waals surface area (Å²) in [6.45, 7) is 0.347. The Morgan fingerprint density at radius 1 is 0.929 bits per heavy atom. The number of carbonyl (C=O) groups is 1. The van der Waals surface area contributed by atoms with E-state index in [0.29, 0.717) is 17.4 Å². The topological polar surface area (TPSA) is 59.9 Å². The van der Waals surface area contributed by atoms with Crippen molar-refractivity contribution in [2.24, 2.45) is 5.10 Å². The summed E-state index contributed by atoms with van der Waals surface area (Å²) in [5.74, 6) is 0.930. The third-order valence-corrected chi connectivity index (χ3v) is 3.94. The Morgan fingerprint density at radius 3 is 2.50 bits per heavy atom. The lowest BCUT2D eigenvalue weighted by molar-refractivity contribution is -0.123. The van der Waals surface area contributed by atoms with E-state index in [0.717, 1.165) is 16.9 Å². The second-order valence-electron chi connectivity index (χ2n) is 5.88. The monoisotopic (exact) mass is 394 g/mol. The average molecular weight is 395 g/mol. The van der Waals surface area contributed by atoms with Gasteiger partial charge in [0.25, 0.3) is 5.91 Å². The summed E-state index contributed by atoms with van der Waals surface area (Å²) >= 11 is 5.80. The van der Waals surface area contributed by atoms with Crippen molar-refractivity contribution in [3.05, 3.63) is 95.0 Å². The highest BCUT2D eigenvalue weighted by molar-refractivity contribution is 6.30. The van der Waals surface area contributed by atoms with Crippen LogP contribution in [0.1, 0.15) is 11.1 Å². The maximum absolute atomic E-state index is 11.8. The van der Waals surface area contributed by atoms with Crippen LogP contribution in [0.3, 0.4) is 0 Å². The molecule has 28 heavy (non-hydrogen) atoms. The fourth-order valence-electron chi connectivity index (χ4n) is 2.32. The number of rotatable bonds is 8. The summed E-state index contributed by atoms with van der Waals surface area (Å²) in [4.78, 5) is 11.8. The van der Waals surface area contributed by atoms with Crippen molar-refractivity contribution in [2.75, 3.05) is 6.61 Å². The standard InChI is InChI=1S/C22H19ClN2O3/c23-19-9-11-20(12-10-19)28-16-22(26)25-24-14-18-7-4-8-21(13-18)27-15-17-5-2-1-3-6-17/h1-14H,15-16H2,(H,25,26). The van der Waals surface area contributed by atoms with Crippen LogP contribution in [0.25, 0.3) is 0 Å². The maximum Gasteiger partial charge on any atom is 0.277 e. The van der Waals surface area contributed by atoms with E-state index in [4.69, 9.17) is 21.1 Å². The lowest BCUT2D eigenvalue weighted by Crippen LogP contribution is -2.24. The molecule has 5 nitrogen and oxygen atoms in total. The van der Waals surface area contributed by atoms with Crippen LogP contribution in [-0.4, -0.2) is 18.7 Å². The van der Waals surface area contributed by atoms with Crippen LogP contribution in [-0.2, 0) is 11.4 Å². The zero-order chi connectivity index (χ0) is 19.6. The van der Waals surface area contributed by atoms with Gasteiger partial charge in [-0.25, -0.2) is 5.43 Å². The molecule has 0 bridgehead atoms. The minimum absolute atomic E-state index is 0.140. The number of nitrogens with one attached hydrogen (secondary N) is 1. The molecule has 6 heteroatoms. The minimum Gasteiger partial charge on any atom is -0.489 e. The van der Waals surface area contributed by atoms with Gasteiger partial charge in [-0.05, 0) is 47.5 Å². The van der Waals surface area contributed by atoms with Gasteiger partial charge in [0.1, 0.15) is 18.1 Å². The van der Waals surface area contributed by atoms with E-state index >= 15 is 0 Å². The number of benzene rings is 3. The van der Waals surface area contributed by atoms with Crippen LogP contribution in [0.15, 0.2) is 84.0 Å². The Bertz CT molecular complexity index is 928. The Kier molecular flexibility index (Phi) is 7.04. The zero-order valence-electron chi connectivity index (χ0n) is 15.0. The van der Waals surface area contributed by atoms with Crippen molar-refractivity contribution in [1.29, 1.82) is 0 Å². The number of hydrazone groups is 1. The molecule has 0 aliphatic heterocycles. The molecule has 3 aromatic rings. The maximum atomic E-state index is 11.8. The number of halogens is 1. The molecule has 0 radical (unpaired) electrons. The summed E-state index contributed by atoms with van der Waals surface area (Å²) in [5.41, 5.74) is 4.33. The van der Waals surface area contributed by atoms with Crippen LogP contribution in [0.4, 0.5) is 0 Å². The molecule has 0 aliphatic carbocycles. The van der Waals surface area contributed by atoms with Crippen LogP contribution >= 0.6 is 11.6 Å². The number of amides is 1. The normalized spacial score (nSPS) is 10.6. The molecule has 142 valence electrons. The smallest absolute Gasteiger partial charge is 0.277 e. The van der Waals surface area contributed by atoms with E-state index in [1.165, 1.54) is 0 Å². The van der Waals surface area contributed by atoms with Gasteiger partial charge in [0.05, 0.1) is 6.21 Å².